The van der Waals surface area contributed by atoms with Gasteiger partial charge in [-0.2, -0.15) is 0 Å². The summed E-state index contributed by atoms with van der Waals surface area (Å²) in [6.45, 7) is 5.83. The highest BCUT2D eigenvalue weighted by Crippen LogP contribution is 2.41. The van der Waals surface area contributed by atoms with Crippen molar-refractivity contribution in [3.63, 3.8) is 0 Å². The number of methoxy groups -OCH3 is 1. The lowest BCUT2D eigenvalue weighted by atomic mass is 9.93. The number of carbonyl (C=O) groups excluding carboxylic acids is 1. The number of hydrogen-bond donors (Lipinski definition) is 0. The van der Waals surface area contributed by atoms with Crippen molar-refractivity contribution in [2.24, 2.45) is 0 Å². The predicted molar refractivity (Wildman–Crippen MR) is 49.3 cm³/mol. The van der Waals surface area contributed by atoms with Gasteiger partial charge in [0.25, 0.3) is 0 Å². The van der Waals surface area contributed by atoms with Crippen LogP contribution in [0.4, 0.5) is 0 Å². The second-order valence-electron chi connectivity index (χ2n) is 3.98. The molecule has 2 fully saturated rings. The van der Waals surface area contributed by atoms with E-state index in [4.69, 9.17) is 4.74 Å². The molecule has 2 aliphatic heterocycles. The van der Waals surface area contributed by atoms with Crippen LogP contribution in [0.5, 0.6) is 0 Å². The number of ether oxygens (including phenoxy) is 1. The zero-order chi connectivity index (χ0) is 9.47. The van der Waals surface area contributed by atoms with E-state index in [2.05, 4.69) is 11.5 Å². The summed E-state index contributed by atoms with van der Waals surface area (Å²) in [4.78, 5) is 13.9. The number of fused-ring (bicyclic) bond motifs is 1. The van der Waals surface area contributed by atoms with Gasteiger partial charge in [-0.1, -0.05) is 12.2 Å². The van der Waals surface area contributed by atoms with E-state index in [0.717, 1.165) is 37.9 Å². The molecule has 72 valence electrons. The van der Waals surface area contributed by atoms with Crippen molar-refractivity contribution in [3.8, 4) is 0 Å². The predicted octanol–water partition coefficient (Wildman–Crippen LogP) is 0.954. The van der Waals surface area contributed by atoms with Gasteiger partial charge in [-0.05, 0) is 25.8 Å². The Morgan fingerprint density at radius 1 is 1.69 bits per heavy atom. The van der Waals surface area contributed by atoms with Crippen molar-refractivity contribution >= 4 is 5.97 Å². The highest BCUT2D eigenvalue weighted by atomic mass is 16.5. The summed E-state index contributed by atoms with van der Waals surface area (Å²) in [6, 6.07) is 0. The molecule has 2 saturated heterocycles. The zero-order valence-corrected chi connectivity index (χ0v) is 8.01. The van der Waals surface area contributed by atoms with E-state index in [0.29, 0.717) is 0 Å². The molecule has 0 bridgehead atoms. The first-order valence-electron chi connectivity index (χ1n) is 4.69. The van der Waals surface area contributed by atoms with Crippen LogP contribution in [0.2, 0.25) is 0 Å². The van der Waals surface area contributed by atoms with Crippen LogP contribution in [0, 0.1) is 0 Å². The Hall–Kier alpha value is -0.830. The summed E-state index contributed by atoms with van der Waals surface area (Å²) < 4.78 is 4.87. The average molecular weight is 181 g/mol. The normalized spacial score (nSPS) is 33.5. The van der Waals surface area contributed by atoms with Crippen molar-refractivity contribution in [1.29, 1.82) is 0 Å². The first kappa shape index (κ1) is 8.75. The summed E-state index contributed by atoms with van der Waals surface area (Å²) in [5.74, 6) is -0.0800. The van der Waals surface area contributed by atoms with Crippen molar-refractivity contribution in [2.75, 3.05) is 20.2 Å². The lowest BCUT2D eigenvalue weighted by Crippen LogP contribution is -2.46. The molecule has 0 spiro atoms. The number of esters is 1. The van der Waals surface area contributed by atoms with Gasteiger partial charge < -0.3 is 4.74 Å². The van der Waals surface area contributed by atoms with Crippen LogP contribution >= 0.6 is 0 Å². The van der Waals surface area contributed by atoms with Crippen LogP contribution in [0.15, 0.2) is 12.2 Å². The molecule has 0 aliphatic carbocycles. The zero-order valence-electron chi connectivity index (χ0n) is 8.01. The quantitative estimate of drug-likeness (QED) is 0.445. The summed E-state index contributed by atoms with van der Waals surface area (Å²) in [7, 11) is 1.47. The SMILES string of the molecule is C=C1CN2CCC[C@]2(C(=O)OC)C1. The topological polar surface area (TPSA) is 29.5 Å². The maximum Gasteiger partial charge on any atom is 0.326 e. The van der Waals surface area contributed by atoms with E-state index in [1.807, 2.05) is 0 Å². The van der Waals surface area contributed by atoms with E-state index in [9.17, 15) is 4.79 Å². The molecular weight excluding hydrogens is 166 g/mol. The van der Waals surface area contributed by atoms with Gasteiger partial charge in [-0.15, -0.1) is 0 Å². The second kappa shape index (κ2) is 2.84. The van der Waals surface area contributed by atoms with Crippen LogP contribution in [-0.2, 0) is 9.53 Å². The highest BCUT2D eigenvalue weighted by Gasteiger charge is 2.52. The monoisotopic (exact) mass is 181 g/mol. The van der Waals surface area contributed by atoms with E-state index < -0.39 is 0 Å². The van der Waals surface area contributed by atoms with Crippen molar-refractivity contribution in [3.05, 3.63) is 12.2 Å². The van der Waals surface area contributed by atoms with E-state index in [-0.39, 0.29) is 11.5 Å². The molecule has 2 rings (SSSR count). The Balaban J connectivity index is 2.27. The van der Waals surface area contributed by atoms with Gasteiger partial charge in [-0.25, -0.2) is 0 Å². The molecule has 3 heteroatoms. The number of rotatable bonds is 1. The maximum absolute atomic E-state index is 11.7. The number of nitrogens with zero attached hydrogens (tertiary/aromatic N) is 1. The van der Waals surface area contributed by atoms with Crippen LogP contribution in [0.1, 0.15) is 19.3 Å². The van der Waals surface area contributed by atoms with Crippen molar-refractivity contribution in [2.45, 2.75) is 24.8 Å². The molecule has 13 heavy (non-hydrogen) atoms. The Kier molecular flexibility index (Phi) is 1.91. The van der Waals surface area contributed by atoms with Gasteiger partial charge in [-0.3, -0.25) is 9.69 Å². The molecule has 0 N–H and O–H groups in total. The van der Waals surface area contributed by atoms with Crippen LogP contribution in [-0.4, -0.2) is 36.6 Å². The fourth-order valence-corrected chi connectivity index (χ4v) is 2.60. The lowest BCUT2D eigenvalue weighted by molar-refractivity contribution is -0.151. The third kappa shape index (κ3) is 1.10. The van der Waals surface area contributed by atoms with Gasteiger partial charge >= 0.3 is 5.97 Å². The molecule has 0 aromatic rings. The first-order chi connectivity index (χ1) is 6.19. The van der Waals surface area contributed by atoms with Gasteiger partial charge in [0, 0.05) is 6.54 Å². The number of carbonyl (C=O) groups is 1. The second-order valence-corrected chi connectivity index (χ2v) is 3.98. The molecule has 0 amide bonds. The third-order valence-corrected chi connectivity index (χ3v) is 3.15. The van der Waals surface area contributed by atoms with Crippen molar-refractivity contribution in [1.82, 2.24) is 4.90 Å². The molecular formula is C10H15NO2. The molecule has 2 aliphatic rings. The Morgan fingerprint density at radius 3 is 3.15 bits per heavy atom. The minimum atomic E-state index is -0.341. The molecule has 2 heterocycles. The fourth-order valence-electron chi connectivity index (χ4n) is 2.60. The van der Waals surface area contributed by atoms with E-state index in [1.165, 1.54) is 7.11 Å². The standard InChI is InChI=1S/C10H15NO2/c1-8-6-10(9(12)13-2)4-3-5-11(10)7-8/h1,3-7H2,2H3/t10-/m1/s1. The van der Waals surface area contributed by atoms with Gasteiger partial charge in [0.1, 0.15) is 5.54 Å². The van der Waals surface area contributed by atoms with Gasteiger partial charge in [0.2, 0.25) is 0 Å². The molecule has 0 unspecified atom stereocenters. The molecule has 3 nitrogen and oxygen atoms in total. The molecule has 1 atom stereocenters. The van der Waals surface area contributed by atoms with E-state index >= 15 is 0 Å². The summed E-state index contributed by atoms with van der Waals surface area (Å²) in [6.07, 6.45) is 2.82. The third-order valence-electron chi connectivity index (χ3n) is 3.15. The van der Waals surface area contributed by atoms with Crippen molar-refractivity contribution < 1.29 is 9.53 Å². The summed E-state index contributed by atoms with van der Waals surface area (Å²) >= 11 is 0. The Labute approximate surface area is 78.4 Å². The Morgan fingerprint density at radius 2 is 2.46 bits per heavy atom. The van der Waals surface area contributed by atoms with Gasteiger partial charge in [0.15, 0.2) is 0 Å². The Bertz CT molecular complexity index is 262. The molecule has 0 saturated carbocycles. The van der Waals surface area contributed by atoms with E-state index in [1.54, 1.807) is 0 Å². The maximum atomic E-state index is 11.7. The fraction of sp³-hybridized carbons (Fsp3) is 0.700. The molecule has 0 aromatic carbocycles. The minimum absolute atomic E-state index is 0.0800. The van der Waals surface area contributed by atoms with Crippen LogP contribution in [0.3, 0.4) is 0 Å². The van der Waals surface area contributed by atoms with Gasteiger partial charge in [0.05, 0.1) is 7.11 Å². The largest absolute Gasteiger partial charge is 0.468 e. The first-order valence-corrected chi connectivity index (χ1v) is 4.69. The molecule has 0 radical (unpaired) electrons. The summed E-state index contributed by atoms with van der Waals surface area (Å²) in [5, 5.41) is 0. The number of hydrogen-bond acceptors (Lipinski definition) is 3. The lowest BCUT2D eigenvalue weighted by Gasteiger charge is -2.27. The van der Waals surface area contributed by atoms with Crippen LogP contribution < -0.4 is 0 Å². The highest BCUT2D eigenvalue weighted by molar-refractivity contribution is 5.82. The average Bonchev–Trinajstić information content (AvgIpc) is 2.59. The van der Waals surface area contributed by atoms with Crippen LogP contribution in [0.25, 0.3) is 0 Å². The summed E-state index contributed by atoms with van der Waals surface area (Å²) in [5.41, 5.74) is 0.816. The minimum Gasteiger partial charge on any atom is -0.468 e. The smallest absolute Gasteiger partial charge is 0.326 e. The molecule has 0 aromatic heterocycles.